The van der Waals surface area contributed by atoms with Gasteiger partial charge in [0.25, 0.3) is 5.56 Å². The third-order valence-electron chi connectivity index (χ3n) is 5.90. The zero-order valence-electron chi connectivity index (χ0n) is 16.4. The molecule has 0 N–H and O–H groups in total. The van der Waals surface area contributed by atoms with Crippen LogP contribution in [0.4, 0.5) is 5.82 Å². The van der Waals surface area contributed by atoms with E-state index in [1.54, 1.807) is 11.3 Å². The monoisotopic (exact) mass is 393 g/mol. The van der Waals surface area contributed by atoms with E-state index in [-0.39, 0.29) is 5.56 Å². The fourth-order valence-corrected chi connectivity index (χ4v) is 5.10. The molecule has 0 spiro atoms. The Bertz CT molecular complexity index is 1270. The maximum atomic E-state index is 13.3. The maximum absolute atomic E-state index is 13.3. The summed E-state index contributed by atoms with van der Waals surface area (Å²) >= 11 is 1.58. The highest BCUT2D eigenvalue weighted by molar-refractivity contribution is 7.18. The van der Waals surface area contributed by atoms with Crippen molar-refractivity contribution in [1.82, 2.24) is 19.5 Å². The first-order valence-corrected chi connectivity index (χ1v) is 10.6. The van der Waals surface area contributed by atoms with Gasteiger partial charge in [0, 0.05) is 41.8 Å². The predicted octanol–water partition coefficient (Wildman–Crippen LogP) is 3.22. The van der Waals surface area contributed by atoms with Gasteiger partial charge in [0.1, 0.15) is 4.83 Å². The van der Waals surface area contributed by atoms with Crippen LogP contribution in [-0.2, 0) is 0 Å². The Morgan fingerprint density at radius 2 is 1.79 bits per heavy atom. The Kier molecular flexibility index (Phi) is 4.10. The van der Waals surface area contributed by atoms with Crippen LogP contribution in [0.15, 0.2) is 29.1 Å². The molecule has 3 aromatic heterocycles. The van der Waals surface area contributed by atoms with Gasteiger partial charge in [-0.1, -0.05) is 31.2 Å². The first-order valence-electron chi connectivity index (χ1n) is 9.77. The highest BCUT2D eigenvalue weighted by atomic mass is 32.1. The molecule has 0 radical (unpaired) electrons. The molecule has 1 aliphatic rings. The molecule has 4 heterocycles. The molecular formula is C21H23N5OS. The summed E-state index contributed by atoms with van der Waals surface area (Å²) in [6, 6.07) is 8.17. The number of hydrogen-bond acceptors (Lipinski definition) is 6. The number of rotatable bonds is 2. The number of aryl methyl sites for hydroxylation is 2. The van der Waals surface area contributed by atoms with Crippen molar-refractivity contribution in [3.8, 4) is 0 Å². The van der Waals surface area contributed by atoms with Crippen LogP contribution in [0.2, 0.25) is 0 Å². The van der Waals surface area contributed by atoms with E-state index >= 15 is 0 Å². The predicted molar refractivity (Wildman–Crippen MR) is 116 cm³/mol. The minimum atomic E-state index is -0.0685. The molecule has 1 aliphatic heterocycles. The molecule has 6 nitrogen and oxygen atoms in total. The van der Waals surface area contributed by atoms with Gasteiger partial charge in [0.05, 0.1) is 5.39 Å². The number of benzene rings is 1. The molecule has 7 heteroatoms. The van der Waals surface area contributed by atoms with Crippen molar-refractivity contribution < 1.29 is 0 Å². The quantitative estimate of drug-likeness (QED) is 0.490. The number of likely N-dealkylation sites (N-methyl/N-ethyl adjacent to an activating group) is 1. The number of hydrogen-bond donors (Lipinski definition) is 0. The van der Waals surface area contributed by atoms with Gasteiger partial charge >= 0.3 is 0 Å². The molecule has 28 heavy (non-hydrogen) atoms. The SMILES string of the molecule is CCN1CCN(c2nn3c(=O)c4c(C)c(C)sc4nc3c3ccccc23)CC1. The fraction of sp³-hybridized carbons (Fsp3) is 0.381. The largest absolute Gasteiger partial charge is 0.352 e. The van der Waals surface area contributed by atoms with Crippen LogP contribution in [0, 0.1) is 13.8 Å². The van der Waals surface area contributed by atoms with Crippen molar-refractivity contribution in [2.45, 2.75) is 20.8 Å². The van der Waals surface area contributed by atoms with Crippen LogP contribution in [0.3, 0.4) is 0 Å². The van der Waals surface area contributed by atoms with Crippen LogP contribution in [0.5, 0.6) is 0 Å². The topological polar surface area (TPSA) is 53.7 Å². The van der Waals surface area contributed by atoms with Gasteiger partial charge < -0.3 is 9.80 Å². The number of thiophene rings is 1. The molecule has 0 amide bonds. The van der Waals surface area contributed by atoms with E-state index in [0.29, 0.717) is 11.0 Å². The lowest BCUT2D eigenvalue weighted by atomic mass is 10.1. The molecule has 1 aromatic carbocycles. The van der Waals surface area contributed by atoms with E-state index in [9.17, 15) is 4.79 Å². The number of anilines is 1. The summed E-state index contributed by atoms with van der Waals surface area (Å²) < 4.78 is 1.52. The lowest BCUT2D eigenvalue weighted by Gasteiger charge is -2.35. The highest BCUT2D eigenvalue weighted by Gasteiger charge is 2.22. The van der Waals surface area contributed by atoms with E-state index < -0.39 is 0 Å². The molecule has 0 unspecified atom stereocenters. The van der Waals surface area contributed by atoms with Crippen LogP contribution in [0.1, 0.15) is 17.4 Å². The summed E-state index contributed by atoms with van der Waals surface area (Å²) in [5.74, 6) is 0.881. The molecule has 0 bridgehead atoms. The van der Waals surface area contributed by atoms with Gasteiger partial charge in [-0.2, -0.15) is 4.52 Å². The Hall–Kier alpha value is -2.51. The number of nitrogens with zero attached hydrogens (tertiary/aromatic N) is 5. The number of fused-ring (bicyclic) bond motifs is 4. The van der Waals surface area contributed by atoms with Gasteiger partial charge in [0.15, 0.2) is 11.5 Å². The Morgan fingerprint density at radius 3 is 2.50 bits per heavy atom. The Morgan fingerprint density at radius 1 is 1.07 bits per heavy atom. The highest BCUT2D eigenvalue weighted by Crippen LogP contribution is 2.31. The average Bonchev–Trinajstić information content (AvgIpc) is 3.02. The molecule has 0 atom stereocenters. The lowest BCUT2D eigenvalue weighted by molar-refractivity contribution is 0.270. The summed E-state index contributed by atoms with van der Waals surface area (Å²) in [6.07, 6.45) is 0. The number of piperazine rings is 1. The van der Waals surface area contributed by atoms with Crippen LogP contribution >= 0.6 is 11.3 Å². The zero-order chi connectivity index (χ0) is 19.4. The van der Waals surface area contributed by atoms with E-state index in [2.05, 4.69) is 22.8 Å². The Balaban J connectivity index is 1.81. The minimum absolute atomic E-state index is 0.0685. The van der Waals surface area contributed by atoms with Gasteiger partial charge in [-0.15, -0.1) is 16.4 Å². The van der Waals surface area contributed by atoms with Crippen LogP contribution in [-0.4, -0.2) is 52.2 Å². The summed E-state index contributed by atoms with van der Waals surface area (Å²) in [5, 5.41) is 7.57. The van der Waals surface area contributed by atoms with Gasteiger partial charge in [-0.05, 0) is 26.0 Å². The average molecular weight is 394 g/mol. The minimum Gasteiger partial charge on any atom is -0.352 e. The molecular weight excluding hydrogens is 370 g/mol. The summed E-state index contributed by atoms with van der Waals surface area (Å²) in [5.41, 5.74) is 1.59. The van der Waals surface area contributed by atoms with Crippen molar-refractivity contribution in [1.29, 1.82) is 0 Å². The second-order valence-corrected chi connectivity index (χ2v) is 8.61. The normalized spacial score (nSPS) is 15.9. The molecule has 4 aromatic rings. The zero-order valence-corrected chi connectivity index (χ0v) is 17.2. The smallest absolute Gasteiger partial charge is 0.283 e. The van der Waals surface area contributed by atoms with E-state index in [0.717, 1.165) is 64.6 Å². The van der Waals surface area contributed by atoms with Crippen molar-refractivity contribution in [3.05, 3.63) is 45.1 Å². The first-order chi connectivity index (χ1) is 13.6. The van der Waals surface area contributed by atoms with E-state index in [1.807, 2.05) is 32.0 Å². The third kappa shape index (κ3) is 2.53. The third-order valence-corrected chi connectivity index (χ3v) is 7.00. The molecule has 1 fully saturated rings. The first kappa shape index (κ1) is 17.6. The second kappa shape index (κ2) is 6.53. The van der Waals surface area contributed by atoms with Crippen molar-refractivity contribution in [2.24, 2.45) is 0 Å². The standard InChI is InChI=1S/C21H23N5OS/c1-4-24-9-11-25(12-10-24)19-16-8-6-5-7-15(16)18-22-20-17(13(2)14(3)28-20)21(27)26(18)23-19/h5-8H,4,9-12H2,1-3H3. The van der Waals surface area contributed by atoms with Crippen molar-refractivity contribution in [3.63, 3.8) is 0 Å². The van der Waals surface area contributed by atoms with Crippen LogP contribution < -0.4 is 10.5 Å². The van der Waals surface area contributed by atoms with Crippen molar-refractivity contribution in [2.75, 3.05) is 37.6 Å². The number of aromatic nitrogens is 3. The lowest BCUT2D eigenvalue weighted by Crippen LogP contribution is -2.46. The van der Waals surface area contributed by atoms with Crippen LogP contribution in [0.25, 0.3) is 26.6 Å². The molecule has 1 saturated heterocycles. The van der Waals surface area contributed by atoms with Crippen molar-refractivity contribution >= 4 is 43.8 Å². The fourth-order valence-electron chi connectivity index (χ4n) is 4.08. The van der Waals surface area contributed by atoms with Gasteiger partial charge in [-0.25, -0.2) is 4.98 Å². The molecule has 0 saturated carbocycles. The summed E-state index contributed by atoms with van der Waals surface area (Å²) in [7, 11) is 0. The van der Waals surface area contributed by atoms with Gasteiger partial charge in [-0.3, -0.25) is 4.79 Å². The molecule has 144 valence electrons. The van der Waals surface area contributed by atoms with E-state index in [1.165, 1.54) is 4.52 Å². The van der Waals surface area contributed by atoms with Gasteiger partial charge in [0.2, 0.25) is 0 Å². The second-order valence-electron chi connectivity index (χ2n) is 7.41. The van der Waals surface area contributed by atoms with E-state index in [4.69, 9.17) is 10.1 Å². The summed E-state index contributed by atoms with van der Waals surface area (Å²) in [4.78, 5) is 24.9. The summed E-state index contributed by atoms with van der Waals surface area (Å²) in [6.45, 7) is 11.2. The Labute approximate surface area is 167 Å². The molecule has 0 aliphatic carbocycles. The molecule has 5 rings (SSSR count). The maximum Gasteiger partial charge on any atom is 0.283 e.